The SMILES string of the molecule is COc1ncncc1-c1nc2cc(F)c(F)cc2n1C1CC1.COc1ncncc1C(=O)Nc1cc(F)c(F)cc1NC1CC1.COc1ncncc1COO.ClCCl.Fc1cc2nc(-c3cncnc3Cl)n(C3CC3)c2cc1F.Nc1cc(F)c(F)cc1NC1CC1.O=P(Cl)(Cl)Cl. The van der Waals surface area contributed by atoms with Crippen molar-refractivity contribution in [3.8, 4) is 40.4 Å². The third kappa shape index (κ3) is 21.1. The lowest BCUT2D eigenvalue weighted by atomic mass is 10.2. The van der Waals surface area contributed by atoms with Crippen LogP contribution >= 0.6 is 73.7 Å². The van der Waals surface area contributed by atoms with E-state index in [9.17, 15) is 44.5 Å². The third-order valence-electron chi connectivity index (χ3n) is 13.9. The van der Waals surface area contributed by atoms with Gasteiger partial charge in [0.05, 0.1) is 88.2 Å². The van der Waals surface area contributed by atoms with Gasteiger partial charge in [-0.1, -0.05) is 11.6 Å². The van der Waals surface area contributed by atoms with Gasteiger partial charge >= 0.3 is 5.20 Å². The second-order valence-electron chi connectivity index (χ2n) is 21.0. The van der Waals surface area contributed by atoms with E-state index in [0.29, 0.717) is 79.6 Å². The van der Waals surface area contributed by atoms with Crippen molar-refractivity contribution in [2.45, 2.75) is 82.1 Å². The summed E-state index contributed by atoms with van der Waals surface area (Å²) in [4.78, 5) is 56.2. The molecule has 4 aliphatic carbocycles. The summed E-state index contributed by atoms with van der Waals surface area (Å²) >= 11 is 29.5. The molecule has 4 fully saturated rings. The van der Waals surface area contributed by atoms with Gasteiger partial charge in [-0.15, -0.1) is 23.2 Å². The van der Waals surface area contributed by atoms with Crippen LogP contribution in [0.3, 0.4) is 0 Å². The zero-order valence-electron chi connectivity index (χ0n) is 51.2. The van der Waals surface area contributed by atoms with Crippen LogP contribution in [0.1, 0.15) is 79.4 Å². The number of hydrogen-bond donors (Lipinski definition) is 5. The van der Waals surface area contributed by atoms with Crippen molar-refractivity contribution in [1.29, 1.82) is 0 Å². The summed E-state index contributed by atoms with van der Waals surface area (Å²) in [7, 11) is 4.37. The molecule has 23 nitrogen and oxygen atoms in total. The molecule has 0 unspecified atom stereocenters. The fraction of sp³-hybridized carbons (Fsp3) is 0.283. The maximum Gasteiger partial charge on any atom is 0.339 e. The number of ether oxygens (including phenoxy) is 3. The van der Waals surface area contributed by atoms with Gasteiger partial charge in [0.2, 0.25) is 17.6 Å². The Bertz CT molecular complexity index is 4460. The highest BCUT2D eigenvalue weighted by Crippen LogP contribution is 2.61. The third-order valence-corrected chi connectivity index (χ3v) is 14.2. The van der Waals surface area contributed by atoms with Gasteiger partial charge in [-0.3, -0.25) is 14.6 Å². The molecular formula is C60H55Cl6F8N16O7P. The summed E-state index contributed by atoms with van der Waals surface area (Å²) in [5.74, 6) is -5.95. The predicted molar refractivity (Wildman–Crippen MR) is 354 cm³/mol. The number of halogens is 14. The molecule has 98 heavy (non-hydrogen) atoms. The van der Waals surface area contributed by atoms with Crippen LogP contribution in [0, 0.1) is 46.5 Å². The van der Waals surface area contributed by atoms with Crippen molar-refractivity contribution in [3.05, 3.63) is 161 Å². The molecule has 6 heterocycles. The van der Waals surface area contributed by atoms with Crippen LogP contribution in [0.25, 0.3) is 44.8 Å². The average Bonchev–Trinajstić information content (AvgIpc) is 1.61. The molecule has 0 atom stereocenters. The second kappa shape index (κ2) is 35.0. The number of aromatic nitrogens is 12. The minimum atomic E-state index is -3.22. The summed E-state index contributed by atoms with van der Waals surface area (Å²) in [6.07, 6.45) is 19.2. The van der Waals surface area contributed by atoms with Crippen molar-refractivity contribution in [2.24, 2.45) is 0 Å². The molecule has 4 aromatic carbocycles. The van der Waals surface area contributed by atoms with Gasteiger partial charge in [0.25, 0.3) is 5.91 Å². The number of carbonyl (C=O) groups excluding carboxylic acids is 1. The molecule has 0 spiro atoms. The Hall–Kier alpha value is -8.26. The molecule has 0 aliphatic heterocycles. The maximum atomic E-state index is 13.6. The van der Waals surface area contributed by atoms with Gasteiger partial charge in [-0.25, -0.2) is 89.9 Å². The van der Waals surface area contributed by atoms with E-state index < -0.39 is 57.6 Å². The largest absolute Gasteiger partial charge is 0.481 e. The van der Waals surface area contributed by atoms with E-state index in [4.69, 9.17) is 60.0 Å². The number of nitrogens with one attached hydrogen (secondary N) is 3. The van der Waals surface area contributed by atoms with Crippen molar-refractivity contribution < 1.29 is 68.8 Å². The van der Waals surface area contributed by atoms with E-state index in [2.05, 4.69) is 104 Å². The van der Waals surface area contributed by atoms with Crippen molar-refractivity contribution in [2.75, 3.05) is 48.4 Å². The summed E-state index contributed by atoms with van der Waals surface area (Å²) in [6, 6.07) is 9.71. The van der Waals surface area contributed by atoms with E-state index in [1.165, 1.54) is 71.2 Å². The monoisotopic (exact) mass is 1500 g/mol. The maximum absolute atomic E-state index is 13.6. The number of benzene rings is 4. The molecule has 10 aromatic rings. The number of amides is 1. The van der Waals surface area contributed by atoms with Crippen LogP contribution in [0.4, 0.5) is 57.9 Å². The number of methoxy groups -OCH3 is 3. The molecule has 38 heteroatoms. The molecule has 0 saturated heterocycles. The second-order valence-corrected chi connectivity index (χ2v) is 28.8. The number of anilines is 4. The number of rotatable bonds is 15. The van der Waals surface area contributed by atoms with Crippen LogP contribution < -0.4 is 35.9 Å². The van der Waals surface area contributed by atoms with E-state index >= 15 is 0 Å². The Morgan fingerprint density at radius 2 is 0.959 bits per heavy atom. The fourth-order valence-corrected chi connectivity index (χ4v) is 9.12. The lowest BCUT2D eigenvalue weighted by molar-refractivity contribution is -0.253. The zero-order chi connectivity index (χ0) is 71.0. The van der Waals surface area contributed by atoms with Gasteiger partial charge in [0.15, 0.2) is 46.5 Å². The Morgan fingerprint density at radius 3 is 1.44 bits per heavy atom. The summed E-state index contributed by atoms with van der Waals surface area (Å²) in [5, 5.41) is 14.0. The minimum absolute atomic E-state index is 0.0318. The number of hydrogen-bond acceptors (Lipinski definition) is 20. The first-order chi connectivity index (χ1) is 46.9. The topological polar surface area (TPSA) is 292 Å². The summed E-state index contributed by atoms with van der Waals surface area (Å²) in [5.41, 5.74) is 10.5. The van der Waals surface area contributed by atoms with Gasteiger partial charge in [0, 0.05) is 97.5 Å². The molecule has 1 amide bonds. The Kier molecular flexibility index (Phi) is 27.0. The normalized spacial score (nSPS) is 13.6. The molecule has 520 valence electrons. The standard InChI is InChI=1S/C15H14F2N4O2.C15H12F2N4O.C14H9ClF2N4.C9H10F2N2.C6H8N2O3.CH2Cl2.Cl3OP/c1-23-15-9(6-18-7-19-15)14(22)21-13-5-11(17)10(16)4-12(13)20-8-2-3-8;1-22-15-9(6-18-7-19-15)14-20-12-4-10(16)11(17)5-13(12)21(14)8-2-3-8;15-13-8(5-18-6-19-13)14-20-11-3-9(16)10(17)4-12(11)21(14)7-1-2-7;10-6-3-8(12)9(4-7(6)11)13-5-1-2-5;1-10-6-5(3-11-9)2-7-4-8-6;2-1-3;1-5(2,3)4/h4-8,20H,2-3H2,1H3,(H,21,22);4-8H,2-3H2,1H3;3-7H,1-2H2;3-5,13H,1-2,12H2;2,4,9H,3H2,1H3;1H2;. The first-order valence-corrected chi connectivity index (χ1v) is 34.6. The Balaban J connectivity index is 0.000000155. The van der Waals surface area contributed by atoms with E-state index in [0.717, 1.165) is 87.8 Å². The molecule has 0 bridgehead atoms. The van der Waals surface area contributed by atoms with Crippen LogP contribution in [0.5, 0.6) is 17.6 Å². The zero-order valence-corrected chi connectivity index (χ0v) is 56.6. The lowest BCUT2D eigenvalue weighted by Crippen LogP contribution is -2.16. The highest BCUT2D eigenvalue weighted by Gasteiger charge is 2.33. The molecule has 6 N–H and O–H groups in total. The highest BCUT2D eigenvalue weighted by atomic mass is 36.0. The van der Waals surface area contributed by atoms with Crippen molar-refractivity contribution in [3.63, 3.8) is 0 Å². The van der Waals surface area contributed by atoms with Crippen molar-refractivity contribution >= 4 is 124 Å². The van der Waals surface area contributed by atoms with Gasteiger partial charge in [-0.05, 0) is 85.1 Å². The molecule has 0 radical (unpaired) electrons. The number of fused-ring (bicyclic) bond motifs is 2. The average molecular weight is 1510 g/mol. The highest BCUT2D eigenvalue weighted by molar-refractivity contribution is 8.24. The van der Waals surface area contributed by atoms with Crippen LogP contribution in [0.2, 0.25) is 5.15 Å². The van der Waals surface area contributed by atoms with E-state index in [-0.39, 0.29) is 58.0 Å². The van der Waals surface area contributed by atoms with Crippen LogP contribution in [-0.4, -0.2) is 109 Å². The summed E-state index contributed by atoms with van der Waals surface area (Å²) < 4.78 is 135. The fourth-order valence-electron chi connectivity index (χ4n) is 8.94. The van der Waals surface area contributed by atoms with Gasteiger partial charge in [-0.2, -0.15) is 0 Å². The molecule has 14 rings (SSSR count). The van der Waals surface area contributed by atoms with Crippen LogP contribution in [0.15, 0.2) is 98.6 Å². The first kappa shape index (κ1) is 75.5. The smallest absolute Gasteiger partial charge is 0.339 e. The van der Waals surface area contributed by atoms with Gasteiger partial charge < -0.3 is 45.0 Å². The van der Waals surface area contributed by atoms with Crippen LogP contribution in [-0.2, 0) is 16.1 Å². The number of carbonyl (C=O) groups is 1. The van der Waals surface area contributed by atoms with E-state index in [1.54, 1.807) is 12.4 Å². The molecule has 6 aromatic heterocycles. The molecule has 4 aliphatic rings. The number of nitrogens with two attached hydrogens (primary N) is 1. The Morgan fingerprint density at radius 1 is 0.561 bits per heavy atom. The number of alkyl halides is 2. The first-order valence-electron chi connectivity index (χ1n) is 28.7. The lowest BCUT2D eigenvalue weighted by Gasteiger charge is -2.14. The Labute approximate surface area is 581 Å². The van der Waals surface area contributed by atoms with E-state index in [1.807, 2.05) is 9.13 Å². The quantitative estimate of drug-likeness (QED) is 0.0121. The minimum Gasteiger partial charge on any atom is -0.481 e. The number of imidazole rings is 2. The number of nitrogens with zero attached hydrogens (tertiary/aromatic N) is 12. The predicted octanol–water partition coefficient (Wildman–Crippen LogP) is 16.3. The number of nitrogen functional groups attached to an aromatic ring is 1. The molecular weight excluding hydrogens is 1450 g/mol. The molecule has 4 saturated carbocycles. The van der Waals surface area contributed by atoms with Gasteiger partial charge in [0.1, 0.15) is 54.3 Å². The van der Waals surface area contributed by atoms with Crippen molar-refractivity contribution in [1.82, 2.24) is 59.0 Å². The summed E-state index contributed by atoms with van der Waals surface area (Å²) in [6.45, 7) is 0.0318.